The van der Waals surface area contributed by atoms with Crippen molar-refractivity contribution in [1.82, 2.24) is 0 Å². The van der Waals surface area contributed by atoms with Crippen molar-refractivity contribution in [3.05, 3.63) is 29.3 Å². The lowest BCUT2D eigenvalue weighted by Crippen LogP contribution is -2.22. The Labute approximate surface area is 102 Å². The molecule has 6 N–H and O–H groups in total. The molecular formula is C11H15F3N2O2. The Bertz CT molecular complexity index is 410. The smallest absolute Gasteiger partial charge is 0.399 e. The van der Waals surface area contributed by atoms with E-state index in [1.165, 1.54) is 6.07 Å². The fourth-order valence-electron chi connectivity index (χ4n) is 1.56. The number of benzene rings is 1. The Hall–Kier alpha value is -1.31. The zero-order chi connectivity index (χ0) is 13.9. The molecule has 7 heteroatoms. The van der Waals surface area contributed by atoms with Crippen LogP contribution in [-0.4, -0.2) is 22.9 Å². The highest BCUT2D eigenvalue weighted by Gasteiger charge is 2.32. The van der Waals surface area contributed by atoms with E-state index in [1.807, 2.05) is 0 Å². The quantitative estimate of drug-likeness (QED) is 0.611. The zero-order valence-corrected chi connectivity index (χ0v) is 9.48. The zero-order valence-electron chi connectivity index (χ0n) is 9.48. The first-order valence-corrected chi connectivity index (χ1v) is 5.29. The van der Waals surface area contributed by atoms with Crippen molar-refractivity contribution in [3.63, 3.8) is 0 Å². The van der Waals surface area contributed by atoms with Crippen LogP contribution >= 0.6 is 0 Å². The molecule has 0 saturated heterocycles. The van der Waals surface area contributed by atoms with E-state index in [0.29, 0.717) is 0 Å². The lowest BCUT2D eigenvalue weighted by atomic mass is 9.99. The third-order valence-electron chi connectivity index (χ3n) is 2.47. The Morgan fingerprint density at radius 2 is 1.78 bits per heavy atom. The van der Waals surface area contributed by atoms with Crippen LogP contribution in [0.25, 0.3) is 0 Å². The van der Waals surface area contributed by atoms with Gasteiger partial charge in [0.15, 0.2) is 0 Å². The molecule has 1 aromatic rings. The van der Waals surface area contributed by atoms with Crippen molar-refractivity contribution >= 4 is 5.69 Å². The van der Waals surface area contributed by atoms with Crippen LogP contribution in [0.4, 0.5) is 18.9 Å². The number of alkyl halides is 3. The third-order valence-corrected chi connectivity index (χ3v) is 2.47. The molecule has 0 aliphatic rings. The van der Waals surface area contributed by atoms with E-state index in [-0.39, 0.29) is 24.2 Å². The standard InChI is InChI=1S/C11H15F3N2O2/c12-11(13,14)7-3-6(4-8(16)5-7)10(18)9(17)1-2-15/h3-5,9-10,17-18H,1-2,15-16H2. The molecule has 0 amide bonds. The molecule has 0 heterocycles. The lowest BCUT2D eigenvalue weighted by molar-refractivity contribution is -0.137. The Morgan fingerprint density at radius 3 is 2.28 bits per heavy atom. The van der Waals surface area contributed by atoms with Gasteiger partial charge in [0.1, 0.15) is 6.10 Å². The molecule has 0 radical (unpaired) electrons. The topological polar surface area (TPSA) is 92.5 Å². The SMILES string of the molecule is NCCC(O)C(O)c1cc(N)cc(C(F)(F)F)c1. The monoisotopic (exact) mass is 264 g/mol. The predicted octanol–water partition coefficient (Wildman–Crippen LogP) is 1.03. The maximum atomic E-state index is 12.5. The molecule has 2 unspecified atom stereocenters. The number of hydrogen-bond donors (Lipinski definition) is 4. The number of hydrogen-bond acceptors (Lipinski definition) is 4. The second-order valence-corrected chi connectivity index (χ2v) is 3.98. The average molecular weight is 264 g/mol. The first kappa shape index (κ1) is 14.7. The fourth-order valence-corrected chi connectivity index (χ4v) is 1.56. The first-order valence-electron chi connectivity index (χ1n) is 5.29. The summed E-state index contributed by atoms with van der Waals surface area (Å²) in [4.78, 5) is 0. The highest BCUT2D eigenvalue weighted by atomic mass is 19.4. The van der Waals surface area contributed by atoms with Gasteiger partial charge in [-0.2, -0.15) is 13.2 Å². The van der Waals surface area contributed by atoms with Gasteiger partial charge in [-0.3, -0.25) is 0 Å². The van der Waals surface area contributed by atoms with Gasteiger partial charge in [-0.15, -0.1) is 0 Å². The van der Waals surface area contributed by atoms with Gasteiger partial charge < -0.3 is 21.7 Å². The van der Waals surface area contributed by atoms with Crippen LogP contribution in [-0.2, 0) is 6.18 Å². The average Bonchev–Trinajstić information content (AvgIpc) is 2.26. The first-order chi connectivity index (χ1) is 8.25. The molecule has 0 bridgehead atoms. The van der Waals surface area contributed by atoms with Gasteiger partial charge in [0.25, 0.3) is 0 Å². The van der Waals surface area contributed by atoms with Gasteiger partial charge in [0.05, 0.1) is 11.7 Å². The molecule has 4 nitrogen and oxygen atoms in total. The summed E-state index contributed by atoms with van der Waals surface area (Å²) in [6.45, 7) is 0.118. The molecule has 1 aromatic carbocycles. The number of aliphatic hydroxyl groups excluding tert-OH is 2. The van der Waals surface area contributed by atoms with Crippen molar-refractivity contribution in [2.75, 3.05) is 12.3 Å². The Morgan fingerprint density at radius 1 is 1.17 bits per heavy atom. The summed E-state index contributed by atoms with van der Waals surface area (Å²) < 4.78 is 37.6. The van der Waals surface area contributed by atoms with Crippen LogP contribution < -0.4 is 11.5 Å². The van der Waals surface area contributed by atoms with Gasteiger partial charge in [-0.1, -0.05) is 0 Å². The molecule has 0 saturated carbocycles. The van der Waals surface area contributed by atoms with E-state index in [9.17, 15) is 23.4 Å². The normalized spacial score (nSPS) is 15.4. The molecule has 0 spiro atoms. The summed E-state index contributed by atoms with van der Waals surface area (Å²) in [6.07, 6.45) is -7.14. The van der Waals surface area contributed by atoms with Gasteiger partial charge in [-0.05, 0) is 36.7 Å². The van der Waals surface area contributed by atoms with Gasteiger partial charge in [0, 0.05) is 5.69 Å². The molecule has 0 aliphatic carbocycles. The molecule has 1 rings (SSSR count). The van der Waals surface area contributed by atoms with E-state index in [1.54, 1.807) is 0 Å². The summed E-state index contributed by atoms with van der Waals surface area (Å²) in [5, 5.41) is 19.2. The van der Waals surface area contributed by atoms with E-state index < -0.39 is 23.9 Å². The van der Waals surface area contributed by atoms with Crippen molar-refractivity contribution in [3.8, 4) is 0 Å². The highest BCUT2D eigenvalue weighted by molar-refractivity contribution is 5.46. The molecule has 2 atom stereocenters. The van der Waals surface area contributed by atoms with Crippen molar-refractivity contribution in [2.24, 2.45) is 5.73 Å². The van der Waals surface area contributed by atoms with E-state index in [2.05, 4.69) is 0 Å². The fraction of sp³-hybridized carbons (Fsp3) is 0.455. The largest absolute Gasteiger partial charge is 0.416 e. The van der Waals surface area contributed by atoms with Gasteiger partial charge in [0.2, 0.25) is 0 Å². The maximum Gasteiger partial charge on any atom is 0.416 e. The van der Waals surface area contributed by atoms with Crippen molar-refractivity contribution in [1.29, 1.82) is 0 Å². The van der Waals surface area contributed by atoms with Crippen LogP contribution in [0.3, 0.4) is 0 Å². The van der Waals surface area contributed by atoms with Crippen molar-refractivity contribution < 1.29 is 23.4 Å². The second-order valence-electron chi connectivity index (χ2n) is 3.98. The minimum atomic E-state index is -4.55. The lowest BCUT2D eigenvalue weighted by Gasteiger charge is -2.19. The van der Waals surface area contributed by atoms with Crippen LogP contribution in [0.2, 0.25) is 0 Å². The Kier molecular flexibility index (Phi) is 4.55. The number of nitrogen functional groups attached to an aromatic ring is 1. The summed E-state index contributed by atoms with van der Waals surface area (Å²) in [5.74, 6) is 0. The molecule has 102 valence electrons. The highest BCUT2D eigenvalue weighted by Crippen LogP contribution is 2.33. The molecule has 0 aliphatic heterocycles. The number of anilines is 1. The van der Waals surface area contributed by atoms with Gasteiger partial charge in [-0.25, -0.2) is 0 Å². The summed E-state index contributed by atoms with van der Waals surface area (Å²) >= 11 is 0. The summed E-state index contributed by atoms with van der Waals surface area (Å²) in [7, 11) is 0. The van der Waals surface area contributed by atoms with Crippen LogP contribution in [0.15, 0.2) is 18.2 Å². The van der Waals surface area contributed by atoms with E-state index in [4.69, 9.17) is 11.5 Å². The number of rotatable bonds is 4. The van der Waals surface area contributed by atoms with E-state index >= 15 is 0 Å². The second kappa shape index (κ2) is 5.55. The summed E-state index contributed by atoms with van der Waals surface area (Å²) in [5.41, 5.74) is 9.38. The van der Waals surface area contributed by atoms with Crippen LogP contribution in [0, 0.1) is 0 Å². The molecular weight excluding hydrogens is 249 g/mol. The minimum absolute atomic E-state index is 0.0803. The van der Waals surface area contributed by atoms with Gasteiger partial charge >= 0.3 is 6.18 Å². The van der Waals surface area contributed by atoms with Crippen LogP contribution in [0.5, 0.6) is 0 Å². The van der Waals surface area contributed by atoms with Crippen molar-refractivity contribution in [2.45, 2.75) is 24.8 Å². The molecule has 18 heavy (non-hydrogen) atoms. The maximum absolute atomic E-state index is 12.5. The third kappa shape index (κ3) is 3.59. The van der Waals surface area contributed by atoms with E-state index in [0.717, 1.165) is 12.1 Å². The summed E-state index contributed by atoms with van der Waals surface area (Å²) in [6, 6.07) is 2.73. The van der Waals surface area contributed by atoms with Crippen LogP contribution in [0.1, 0.15) is 23.7 Å². The molecule has 0 fully saturated rings. The number of nitrogens with two attached hydrogens (primary N) is 2. The Balaban J connectivity index is 3.06. The number of halogens is 3. The number of aliphatic hydroxyl groups is 2. The minimum Gasteiger partial charge on any atom is -0.399 e. The molecule has 0 aromatic heterocycles. The predicted molar refractivity (Wildman–Crippen MR) is 60.5 cm³/mol.